The highest BCUT2D eigenvalue weighted by Gasteiger charge is 2.32. The number of sulfonamides is 1. The maximum Gasteiger partial charge on any atom is 0.243 e. The topological polar surface area (TPSA) is 75.7 Å². The summed E-state index contributed by atoms with van der Waals surface area (Å²) in [6.45, 7) is 5.62. The Hall–Kier alpha value is -2.74. The van der Waals surface area contributed by atoms with Gasteiger partial charge in [0.05, 0.1) is 17.6 Å². The molecule has 1 heterocycles. The summed E-state index contributed by atoms with van der Waals surface area (Å²) in [5.41, 5.74) is 2.10. The molecular weight excluding hydrogens is 448 g/mol. The van der Waals surface area contributed by atoms with Crippen molar-refractivity contribution >= 4 is 26.7 Å². The van der Waals surface area contributed by atoms with Crippen LogP contribution in [0.1, 0.15) is 37.8 Å². The Morgan fingerprint density at radius 2 is 1.62 bits per heavy atom. The van der Waals surface area contributed by atoms with Crippen LogP contribution < -0.4 is 5.32 Å². The summed E-state index contributed by atoms with van der Waals surface area (Å²) >= 11 is 0. The third-order valence-corrected chi connectivity index (χ3v) is 8.22. The van der Waals surface area contributed by atoms with Crippen LogP contribution in [0.2, 0.25) is 0 Å². The number of benzene rings is 3. The van der Waals surface area contributed by atoms with Gasteiger partial charge in [0, 0.05) is 25.6 Å². The highest BCUT2D eigenvalue weighted by Crippen LogP contribution is 2.26. The normalized spacial score (nSPS) is 15.6. The lowest BCUT2D eigenvalue weighted by molar-refractivity contribution is -0.126. The van der Waals surface area contributed by atoms with Crippen LogP contribution in [0.15, 0.2) is 71.6 Å². The van der Waals surface area contributed by atoms with E-state index in [1.807, 2.05) is 68.4 Å². The maximum absolute atomic E-state index is 13.2. The molecule has 1 amide bonds. The van der Waals surface area contributed by atoms with Crippen molar-refractivity contribution in [1.82, 2.24) is 9.62 Å². The van der Waals surface area contributed by atoms with Crippen LogP contribution in [0.5, 0.6) is 0 Å². The van der Waals surface area contributed by atoms with Gasteiger partial charge in [-0.15, -0.1) is 0 Å². The smallest absolute Gasteiger partial charge is 0.243 e. The molecule has 3 aromatic rings. The summed E-state index contributed by atoms with van der Waals surface area (Å²) in [6, 6.07) is 20.9. The van der Waals surface area contributed by atoms with Gasteiger partial charge in [-0.2, -0.15) is 4.31 Å². The number of hydrogen-bond donors (Lipinski definition) is 1. The number of hydrogen-bond acceptors (Lipinski definition) is 4. The number of piperidine rings is 1. The van der Waals surface area contributed by atoms with Crippen molar-refractivity contribution in [3.05, 3.63) is 77.9 Å². The van der Waals surface area contributed by atoms with Gasteiger partial charge in [-0.1, -0.05) is 54.6 Å². The van der Waals surface area contributed by atoms with Crippen molar-refractivity contribution in [2.45, 2.75) is 50.8 Å². The number of ether oxygens (including phenoxy) is 1. The summed E-state index contributed by atoms with van der Waals surface area (Å²) in [5.74, 6) is -0.218. The second kappa shape index (κ2) is 10.7. The highest BCUT2D eigenvalue weighted by atomic mass is 32.2. The van der Waals surface area contributed by atoms with E-state index >= 15 is 0 Å². The van der Waals surface area contributed by atoms with E-state index in [2.05, 4.69) is 5.32 Å². The third kappa shape index (κ3) is 5.66. The van der Waals surface area contributed by atoms with E-state index in [0.717, 1.165) is 21.9 Å². The van der Waals surface area contributed by atoms with Crippen LogP contribution in [0, 0.1) is 5.92 Å². The van der Waals surface area contributed by atoms with Gasteiger partial charge < -0.3 is 10.1 Å². The van der Waals surface area contributed by atoms with E-state index < -0.39 is 10.0 Å². The minimum atomic E-state index is -3.59. The molecule has 0 atom stereocenters. The monoisotopic (exact) mass is 480 g/mol. The van der Waals surface area contributed by atoms with Crippen molar-refractivity contribution < 1.29 is 17.9 Å². The van der Waals surface area contributed by atoms with E-state index in [1.165, 1.54) is 4.31 Å². The van der Waals surface area contributed by atoms with Crippen molar-refractivity contribution in [3.8, 4) is 0 Å². The molecule has 0 aromatic heterocycles. The summed E-state index contributed by atoms with van der Waals surface area (Å²) in [7, 11) is -3.59. The predicted octanol–water partition coefficient (Wildman–Crippen LogP) is 4.48. The fraction of sp³-hybridized carbons (Fsp3) is 0.370. The van der Waals surface area contributed by atoms with Gasteiger partial charge in [0.2, 0.25) is 15.9 Å². The molecule has 1 aliphatic heterocycles. The van der Waals surface area contributed by atoms with E-state index in [-0.39, 0.29) is 17.9 Å². The first-order valence-corrected chi connectivity index (χ1v) is 13.2. The number of nitrogens with one attached hydrogen (secondary N) is 1. The lowest BCUT2D eigenvalue weighted by Crippen LogP contribution is -2.42. The highest BCUT2D eigenvalue weighted by molar-refractivity contribution is 7.89. The van der Waals surface area contributed by atoms with Gasteiger partial charge in [0.1, 0.15) is 0 Å². The summed E-state index contributed by atoms with van der Waals surface area (Å²) in [6.07, 6.45) is 1.16. The Bertz CT molecular complexity index is 1250. The minimum absolute atomic E-state index is 0.0256. The minimum Gasteiger partial charge on any atom is -0.374 e. The molecule has 180 valence electrons. The van der Waals surface area contributed by atoms with E-state index in [1.54, 1.807) is 12.1 Å². The van der Waals surface area contributed by atoms with Gasteiger partial charge in [-0.05, 0) is 60.7 Å². The summed E-state index contributed by atoms with van der Waals surface area (Å²) in [5, 5.41) is 4.95. The molecule has 7 heteroatoms. The lowest BCUT2D eigenvalue weighted by Gasteiger charge is -2.30. The molecule has 1 fully saturated rings. The number of fused-ring (bicyclic) bond motifs is 1. The molecule has 1 saturated heterocycles. The van der Waals surface area contributed by atoms with Crippen molar-refractivity contribution in [2.24, 2.45) is 5.92 Å². The van der Waals surface area contributed by atoms with E-state index in [4.69, 9.17) is 4.74 Å². The molecule has 0 unspecified atom stereocenters. The van der Waals surface area contributed by atoms with Gasteiger partial charge in [0.15, 0.2) is 0 Å². The average Bonchev–Trinajstić information content (AvgIpc) is 2.86. The molecule has 0 bridgehead atoms. The fourth-order valence-electron chi connectivity index (χ4n) is 4.29. The molecule has 4 rings (SSSR count). The molecule has 6 nitrogen and oxygen atoms in total. The van der Waals surface area contributed by atoms with Gasteiger partial charge in [-0.25, -0.2) is 8.42 Å². The fourth-order valence-corrected chi connectivity index (χ4v) is 5.79. The Kier molecular flexibility index (Phi) is 7.66. The SMILES string of the molecule is CC(C)OCc1ccccc1CNC(=O)C1CCN(S(=O)(=O)c2ccc3ccccc3c2)CC1. The average molecular weight is 481 g/mol. The number of amides is 1. The first kappa shape index (κ1) is 24.4. The number of nitrogens with zero attached hydrogens (tertiary/aromatic N) is 1. The molecule has 0 aliphatic carbocycles. The summed E-state index contributed by atoms with van der Waals surface area (Å²) < 4.78 is 33.6. The molecule has 1 N–H and O–H groups in total. The van der Waals surface area contributed by atoms with Crippen molar-refractivity contribution in [2.75, 3.05) is 13.1 Å². The van der Waals surface area contributed by atoms with Crippen LogP contribution in [-0.2, 0) is 32.7 Å². The predicted molar refractivity (Wildman–Crippen MR) is 134 cm³/mol. The van der Waals surface area contributed by atoms with Crippen LogP contribution in [0.4, 0.5) is 0 Å². The zero-order chi connectivity index (χ0) is 24.1. The van der Waals surface area contributed by atoms with Gasteiger partial charge >= 0.3 is 0 Å². The van der Waals surface area contributed by atoms with Crippen LogP contribution in [-0.4, -0.2) is 37.8 Å². The maximum atomic E-state index is 13.2. The van der Waals surface area contributed by atoms with E-state index in [0.29, 0.717) is 44.0 Å². The third-order valence-electron chi connectivity index (χ3n) is 6.33. The zero-order valence-electron chi connectivity index (χ0n) is 19.7. The Balaban J connectivity index is 1.34. The molecular formula is C27H32N2O4S. The molecule has 3 aromatic carbocycles. The largest absolute Gasteiger partial charge is 0.374 e. The van der Waals surface area contributed by atoms with Crippen molar-refractivity contribution in [3.63, 3.8) is 0 Å². The second-order valence-electron chi connectivity index (χ2n) is 9.03. The van der Waals surface area contributed by atoms with Gasteiger partial charge in [-0.3, -0.25) is 4.79 Å². The van der Waals surface area contributed by atoms with E-state index in [9.17, 15) is 13.2 Å². The molecule has 34 heavy (non-hydrogen) atoms. The quantitative estimate of drug-likeness (QED) is 0.516. The first-order chi connectivity index (χ1) is 16.3. The second-order valence-corrected chi connectivity index (χ2v) is 11.0. The van der Waals surface area contributed by atoms with Gasteiger partial charge in [0.25, 0.3) is 0 Å². The van der Waals surface area contributed by atoms with Crippen LogP contribution >= 0.6 is 0 Å². The Morgan fingerprint density at radius 1 is 0.971 bits per heavy atom. The number of carbonyl (C=O) groups excluding carboxylic acids is 1. The summed E-state index contributed by atoms with van der Waals surface area (Å²) in [4.78, 5) is 13.1. The van der Waals surface area contributed by atoms with Crippen LogP contribution in [0.3, 0.4) is 0 Å². The standard InChI is InChI=1S/C27H32N2O4S/c1-20(2)33-19-25-10-6-5-9-24(25)18-28-27(30)22-13-15-29(16-14-22)34(31,32)26-12-11-21-7-3-4-8-23(21)17-26/h3-12,17,20,22H,13-16,18-19H2,1-2H3,(H,28,30). The molecule has 0 radical (unpaired) electrons. The Morgan fingerprint density at radius 3 is 2.32 bits per heavy atom. The zero-order valence-corrected chi connectivity index (χ0v) is 20.6. The first-order valence-electron chi connectivity index (χ1n) is 11.8. The molecule has 0 spiro atoms. The van der Waals surface area contributed by atoms with Crippen LogP contribution in [0.25, 0.3) is 10.8 Å². The molecule has 1 aliphatic rings. The molecule has 0 saturated carbocycles. The number of carbonyl (C=O) groups is 1. The number of rotatable bonds is 8. The Labute approximate surface area is 202 Å². The lowest BCUT2D eigenvalue weighted by atomic mass is 9.97. The van der Waals surface area contributed by atoms with Crippen molar-refractivity contribution in [1.29, 1.82) is 0 Å².